The van der Waals surface area contributed by atoms with Crippen LogP contribution in [0.5, 0.6) is 5.75 Å². The molecule has 0 radical (unpaired) electrons. The SMILES string of the molecule is CCOc1c(I)cc(I)cc1/C=C(\C#N)c1[nH]nc(N)c1C#N. The normalized spacial score (nSPS) is 10.9. The van der Waals surface area contributed by atoms with Gasteiger partial charge in [0, 0.05) is 9.13 Å². The number of aromatic nitrogens is 2. The molecule has 0 fully saturated rings. The van der Waals surface area contributed by atoms with Crippen LogP contribution < -0.4 is 10.5 Å². The minimum Gasteiger partial charge on any atom is -0.492 e. The van der Waals surface area contributed by atoms with E-state index >= 15 is 0 Å². The van der Waals surface area contributed by atoms with Crippen LogP contribution in [0.1, 0.15) is 23.7 Å². The maximum absolute atomic E-state index is 9.47. The van der Waals surface area contributed by atoms with E-state index in [2.05, 4.69) is 61.4 Å². The van der Waals surface area contributed by atoms with Gasteiger partial charge in [0.05, 0.1) is 21.4 Å². The molecule has 1 aromatic heterocycles. The van der Waals surface area contributed by atoms with Gasteiger partial charge in [0.25, 0.3) is 0 Å². The maximum Gasteiger partial charge on any atom is 0.163 e. The molecule has 0 aliphatic carbocycles. The minimum absolute atomic E-state index is 0.0749. The van der Waals surface area contributed by atoms with Crippen LogP contribution in [0.4, 0.5) is 5.82 Å². The highest BCUT2D eigenvalue weighted by Crippen LogP contribution is 2.32. The topological polar surface area (TPSA) is 112 Å². The van der Waals surface area contributed by atoms with Crippen molar-refractivity contribution < 1.29 is 4.74 Å². The van der Waals surface area contributed by atoms with Crippen molar-refractivity contribution in [1.29, 1.82) is 10.5 Å². The van der Waals surface area contributed by atoms with Gasteiger partial charge in [-0.15, -0.1) is 0 Å². The number of anilines is 1. The van der Waals surface area contributed by atoms with Gasteiger partial charge in [0.1, 0.15) is 23.5 Å². The van der Waals surface area contributed by atoms with Gasteiger partial charge in [-0.1, -0.05) is 0 Å². The van der Waals surface area contributed by atoms with Crippen LogP contribution in [0.15, 0.2) is 12.1 Å². The lowest BCUT2D eigenvalue weighted by Crippen LogP contribution is -1.98. The summed E-state index contributed by atoms with van der Waals surface area (Å²) >= 11 is 4.40. The highest BCUT2D eigenvalue weighted by molar-refractivity contribution is 14.1. The van der Waals surface area contributed by atoms with Crippen LogP contribution in [-0.4, -0.2) is 16.8 Å². The summed E-state index contributed by atoms with van der Waals surface area (Å²) in [6, 6.07) is 7.95. The molecule has 0 aliphatic heterocycles. The number of rotatable bonds is 4. The van der Waals surface area contributed by atoms with Gasteiger partial charge in [0.15, 0.2) is 5.82 Å². The zero-order valence-electron chi connectivity index (χ0n) is 12.0. The average molecular weight is 531 g/mol. The minimum atomic E-state index is 0.0749. The summed E-state index contributed by atoms with van der Waals surface area (Å²) in [4.78, 5) is 0. The largest absolute Gasteiger partial charge is 0.492 e. The second kappa shape index (κ2) is 7.66. The molecule has 0 aliphatic rings. The Morgan fingerprint density at radius 1 is 1.43 bits per heavy atom. The predicted molar refractivity (Wildman–Crippen MR) is 104 cm³/mol. The first-order chi connectivity index (χ1) is 11.0. The number of nitrogens with one attached hydrogen (secondary N) is 1. The van der Waals surface area contributed by atoms with Crippen LogP contribution in [0.3, 0.4) is 0 Å². The number of H-pyrrole nitrogens is 1. The molecule has 3 N–H and O–H groups in total. The molecule has 2 rings (SSSR count). The standard InChI is InChI=1S/C15H11I2N5O/c1-2-23-14-8(4-10(16)5-12(14)17)3-9(6-18)13-11(7-19)15(20)22-21-13/h3-5H,2H2,1H3,(H3,20,21,22)/b9-3+. The molecule has 1 aromatic carbocycles. The summed E-state index contributed by atoms with van der Waals surface area (Å²) in [5.74, 6) is 0.776. The van der Waals surface area contributed by atoms with Crippen molar-refractivity contribution >= 4 is 62.6 Å². The molecule has 0 amide bonds. The van der Waals surface area contributed by atoms with Crippen LogP contribution in [0.2, 0.25) is 0 Å². The zero-order valence-corrected chi connectivity index (χ0v) is 16.3. The Morgan fingerprint density at radius 3 is 2.78 bits per heavy atom. The molecule has 116 valence electrons. The summed E-state index contributed by atoms with van der Waals surface area (Å²) in [6.45, 7) is 2.41. The monoisotopic (exact) mass is 531 g/mol. The lowest BCUT2D eigenvalue weighted by Gasteiger charge is -2.11. The molecular weight excluding hydrogens is 520 g/mol. The van der Waals surface area contributed by atoms with E-state index in [1.165, 1.54) is 0 Å². The van der Waals surface area contributed by atoms with Gasteiger partial charge >= 0.3 is 0 Å². The summed E-state index contributed by atoms with van der Waals surface area (Å²) in [5, 5.41) is 25.1. The fraction of sp³-hybridized carbons (Fsp3) is 0.133. The third kappa shape index (κ3) is 3.76. The Labute approximate surface area is 160 Å². The van der Waals surface area contributed by atoms with Gasteiger partial charge < -0.3 is 10.5 Å². The number of benzene rings is 1. The number of ether oxygens (including phenoxy) is 1. The molecule has 0 atom stereocenters. The van der Waals surface area contributed by atoms with E-state index in [0.29, 0.717) is 18.1 Å². The van der Waals surface area contributed by atoms with Gasteiger partial charge in [0.2, 0.25) is 0 Å². The molecule has 6 nitrogen and oxygen atoms in total. The van der Waals surface area contributed by atoms with Crippen LogP contribution in [0, 0.1) is 29.8 Å². The Morgan fingerprint density at radius 2 is 2.17 bits per heavy atom. The number of nitrogens with zero attached hydrogens (tertiary/aromatic N) is 3. The van der Waals surface area contributed by atoms with E-state index in [1.807, 2.05) is 25.1 Å². The molecule has 0 spiro atoms. The van der Waals surface area contributed by atoms with E-state index in [0.717, 1.165) is 12.7 Å². The molecule has 1 heterocycles. The number of hydrogen-bond donors (Lipinski definition) is 2. The fourth-order valence-corrected chi connectivity index (χ4v) is 4.01. The molecule has 0 unspecified atom stereocenters. The Kier molecular flexibility index (Phi) is 5.85. The molecular formula is C15H11I2N5O. The van der Waals surface area contributed by atoms with Crippen molar-refractivity contribution in [2.24, 2.45) is 0 Å². The van der Waals surface area contributed by atoms with Gasteiger partial charge in [-0.05, 0) is 70.3 Å². The zero-order chi connectivity index (χ0) is 17.0. The van der Waals surface area contributed by atoms with Crippen molar-refractivity contribution in [1.82, 2.24) is 10.2 Å². The van der Waals surface area contributed by atoms with Crippen molar-refractivity contribution in [2.45, 2.75) is 6.92 Å². The number of allylic oxidation sites excluding steroid dienone is 1. The third-order valence-electron chi connectivity index (χ3n) is 2.92. The van der Waals surface area contributed by atoms with Crippen LogP contribution in [-0.2, 0) is 0 Å². The quantitative estimate of drug-likeness (QED) is 0.464. The molecule has 23 heavy (non-hydrogen) atoms. The van der Waals surface area contributed by atoms with Crippen molar-refractivity contribution in [2.75, 3.05) is 12.3 Å². The van der Waals surface area contributed by atoms with Gasteiger partial charge in [-0.3, -0.25) is 5.10 Å². The first kappa shape index (κ1) is 17.6. The van der Waals surface area contributed by atoms with E-state index in [9.17, 15) is 10.5 Å². The van der Waals surface area contributed by atoms with E-state index in [-0.39, 0.29) is 17.0 Å². The number of aromatic amines is 1. The second-order valence-corrected chi connectivity index (χ2v) is 6.79. The van der Waals surface area contributed by atoms with Crippen molar-refractivity contribution in [3.63, 3.8) is 0 Å². The number of halogens is 2. The lowest BCUT2D eigenvalue weighted by molar-refractivity contribution is 0.337. The number of hydrogen-bond acceptors (Lipinski definition) is 5. The lowest BCUT2D eigenvalue weighted by atomic mass is 10.1. The Balaban J connectivity index is 2.64. The number of nitrogens with two attached hydrogens (primary N) is 1. The summed E-state index contributed by atoms with van der Waals surface area (Å²) in [7, 11) is 0. The van der Waals surface area contributed by atoms with E-state index < -0.39 is 0 Å². The summed E-state index contributed by atoms with van der Waals surface area (Å²) in [5.41, 5.74) is 7.14. The molecule has 2 aromatic rings. The number of nitriles is 2. The summed E-state index contributed by atoms with van der Waals surface area (Å²) in [6.07, 6.45) is 1.67. The highest BCUT2D eigenvalue weighted by atomic mass is 127. The average Bonchev–Trinajstić information content (AvgIpc) is 2.88. The van der Waals surface area contributed by atoms with Crippen LogP contribution >= 0.6 is 45.2 Å². The maximum atomic E-state index is 9.47. The number of nitrogen functional groups attached to an aromatic ring is 1. The van der Waals surface area contributed by atoms with Crippen molar-refractivity contribution in [3.05, 3.63) is 36.1 Å². The Bertz CT molecular complexity index is 858. The third-order valence-corrected chi connectivity index (χ3v) is 4.35. The summed E-state index contributed by atoms with van der Waals surface area (Å²) < 4.78 is 7.65. The second-order valence-electron chi connectivity index (χ2n) is 4.38. The highest BCUT2D eigenvalue weighted by Gasteiger charge is 2.16. The predicted octanol–water partition coefficient (Wildman–Crippen LogP) is 3.54. The first-order valence-electron chi connectivity index (χ1n) is 6.49. The Hall–Kier alpha value is -1.79. The van der Waals surface area contributed by atoms with Crippen molar-refractivity contribution in [3.8, 4) is 17.9 Å². The smallest absolute Gasteiger partial charge is 0.163 e. The molecule has 0 saturated heterocycles. The fourth-order valence-electron chi connectivity index (χ4n) is 1.96. The van der Waals surface area contributed by atoms with Gasteiger partial charge in [-0.2, -0.15) is 15.6 Å². The molecule has 0 saturated carbocycles. The van der Waals surface area contributed by atoms with Crippen LogP contribution in [0.25, 0.3) is 11.6 Å². The first-order valence-corrected chi connectivity index (χ1v) is 8.65. The van der Waals surface area contributed by atoms with E-state index in [4.69, 9.17) is 10.5 Å². The molecule has 0 bridgehead atoms. The van der Waals surface area contributed by atoms with E-state index in [1.54, 1.807) is 6.08 Å². The van der Waals surface area contributed by atoms with Gasteiger partial charge in [-0.25, -0.2) is 0 Å². The molecule has 8 heteroatoms.